The molecule has 1 heterocycles. The van der Waals surface area contributed by atoms with E-state index in [-0.39, 0.29) is 0 Å². The number of hydrogen-bond donors (Lipinski definition) is 1. The van der Waals surface area contributed by atoms with Crippen LogP contribution in [0.5, 0.6) is 0 Å². The van der Waals surface area contributed by atoms with E-state index in [1.165, 1.54) is 12.8 Å². The molecule has 1 aromatic rings. The Hall–Kier alpha value is -1.03. The number of nitrogens with zero attached hydrogens (tertiary/aromatic N) is 2. The summed E-state index contributed by atoms with van der Waals surface area (Å²) in [6.45, 7) is 11.3. The lowest BCUT2D eigenvalue weighted by Gasteiger charge is -2.17. The van der Waals surface area contributed by atoms with Crippen LogP contribution in [-0.2, 0) is 11.3 Å². The molecule has 1 rings (SSSR count). The summed E-state index contributed by atoms with van der Waals surface area (Å²) in [6, 6.07) is 0.468. The van der Waals surface area contributed by atoms with Crippen LogP contribution in [0.25, 0.3) is 0 Å². The number of imidazole rings is 1. The fourth-order valence-electron chi connectivity index (χ4n) is 1.99. The van der Waals surface area contributed by atoms with Gasteiger partial charge in [0.1, 0.15) is 0 Å². The third-order valence-electron chi connectivity index (χ3n) is 3.16. The second kappa shape index (κ2) is 8.97. The third kappa shape index (κ3) is 6.62. The van der Waals surface area contributed by atoms with Gasteiger partial charge in [-0.25, -0.2) is 4.98 Å². The second-order valence-electron chi connectivity index (χ2n) is 5.51. The van der Waals surface area contributed by atoms with E-state index >= 15 is 0 Å². The van der Waals surface area contributed by atoms with E-state index in [4.69, 9.17) is 4.74 Å². The minimum atomic E-state index is 0.468. The van der Waals surface area contributed by atoms with Gasteiger partial charge in [-0.05, 0) is 39.0 Å². The zero-order valence-corrected chi connectivity index (χ0v) is 12.9. The summed E-state index contributed by atoms with van der Waals surface area (Å²) in [4.78, 5) is 4.39. The van der Waals surface area contributed by atoms with Crippen molar-refractivity contribution in [1.29, 1.82) is 0 Å². The molecule has 0 spiro atoms. The van der Waals surface area contributed by atoms with Crippen LogP contribution in [0.3, 0.4) is 0 Å². The molecule has 0 saturated heterocycles. The van der Waals surface area contributed by atoms with E-state index in [2.05, 4.69) is 35.6 Å². The van der Waals surface area contributed by atoms with Gasteiger partial charge in [-0.2, -0.15) is 0 Å². The summed E-state index contributed by atoms with van der Waals surface area (Å²) < 4.78 is 7.54. The molecule has 0 radical (unpaired) electrons. The van der Waals surface area contributed by atoms with Crippen molar-refractivity contribution in [3.05, 3.63) is 12.4 Å². The highest BCUT2D eigenvalue weighted by Crippen LogP contribution is 2.12. The third-order valence-corrected chi connectivity index (χ3v) is 3.16. The van der Waals surface area contributed by atoms with Gasteiger partial charge in [0.2, 0.25) is 5.95 Å². The van der Waals surface area contributed by atoms with Gasteiger partial charge in [0.15, 0.2) is 0 Å². The highest BCUT2D eigenvalue weighted by atomic mass is 16.5. The number of ether oxygens (including phenoxy) is 1. The van der Waals surface area contributed by atoms with Crippen LogP contribution in [0, 0.1) is 5.92 Å². The molecule has 0 aliphatic carbocycles. The van der Waals surface area contributed by atoms with Gasteiger partial charge >= 0.3 is 0 Å². The summed E-state index contributed by atoms with van der Waals surface area (Å²) in [6.07, 6.45) is 7.35. The lowest BCUT2D eigenvalue weighted by molar-refractivity contribution is 0.142. The fourth-order valence-corrected chi connectivity index (χ4v) is 1.99. The highest BCUT2D eigenvalue weighted by molar-refractivity contribution is 5.27. The lowest BCUT2D eigenvalue weighted by atomic mass is 10.0. The molecule has 0 aliphatic rings. The Morgan fingerprint density at radius 2 is 2.11 bits per heavy atom. The van der Waals surface area contributed by atoms with Crippen molar-refractivity contribution in [2.75, 3.05) is 18.5 Å². The van der Waals surface area contributed by atoms with Gasteiger partial charge in [-0.15, -0.1) is 0 Å². The van der Waals surface area contributed by atoms with Crippen molar-refractivity contribution < 1.29 is 4.74 Å². The maximum absolute atomic E-state index is 5.36. The molecule has 110 valence electrons. The van der Waals surface area contributed by atoms with Crippen LogP contribution >= 0.6 is 0 Å². The van der Waals surface area contributed by atoms with Crippen LogP contribution in [-0.4, -0.2) is 28.8 Å². The zero-order chi connectivity index (χ0) is 14.1. The van der Waals surface area contributed by atoms with E-state index in [1.54, 1.807) is 0 Å². The number of hydrogen-bond acceptors (Lipinski definition) is 3. The molecular formula is C15H29N3O. The van der Waals surface area contributed by atoms with E-state index in [1.807, 2.05) is 19.3 Å². The van der Waals surface area contributed by atoms with Crippen molar-refractivity contribution in [3.63, 3.8) is 0 Å². The zero-order valence-electron chi connectivity index (χ0n) is 12.9. The minimum absolute atomic E-state index is 0.468. The first-order valence-electron chi connectivity index (χ1n) is 7.48. The predicted molar refractivity (Wildman–Crippen MR) is 80.5 cm³/mol. The Morgan fingerprint density at radius 1 is 1.32 bits per heavy atom. The lowest BCUT2D eigenvalue weighted by Crippen LogP contribution is -2.19. The molecule has 1 N–H and O–H groups in total. The maximum atomic E-state index is 5.36. The van der Waals surface area contributed by atoms with E-state index in [9.17, 15) is 0 Å². The molecule has 1 unspecified atom stereocenters. The molecule has 0 aromatic carbocycles. The monoisotopic (exact) mass is 267 g/mol. The van der Waals surface area contributed by atoms with Crippen molar-refractivity contribution in [2.45, 2.75) is 59.5 Å². The molecule has 0 fully saturated rings. The molecule has 0 bridgehead atoms. The number of rotatable bonds is 10. The van der Waals surface area contributed by atoms with Crippen molar-refractivity contribution >= 4 is 5.95 Å². The topological polar surface area (TPSA) is 39.1 Å². The first-order chi connectivity index (χ1) is 9.13. The number of anilines is 1. The van der Waals surface area contributed by atoms with Crippen molar-refractivity contribution in [1.82, 2.24) is 9.55 Å². The quantitative estimate of drug-likeness (QED) is 0.659. The summed E-state index contributed by atoms with van der Waals surface area (Å²) in [5.74, 6) is 1.74. The van der Waals surface area contributed by atoms with Gasteiger partial charge in [-0.1, -0.05) is 13.8 Å². The largest absolute Gasteiger partial charge is 0.382 e. The Bertz CT molecular complexity index is 336. The van der Waals surface area contributed by atoms with Gasteiger partial charge in [0.05, 0.1) is 0 Å². The summed E-state index contributed by atoms with van der Waals surface area (Å²) in [7, 11) is 0. The number of nitrogens with one attached hydrogen (secondary N) is 1. The van der Waals surface area contributed by atoms with Crippen LogP contribution in [0.15, 0.2) is 12.4 Å². The summed E-state index contributed by atoms with van der Waals surface area (Å²) in [5.41, 5.74) is 0. The summed E-state index contributed by atoms with van der Waals surface area (Å²) in [5, 5.41) is 3.50. The molecule has 4 heteroatoms. The van der Waals surface area contributed by atoms with Crippen LogP contribution in [0.2, 0.25) is 0 Å². The Morgan fingerprint density at radius 3 is 2.79 bits per heavy atom. The average Bonchev–Trinajstić information content (AvgIpc) is 2.79. The van der Waals surface area contributed by atoms with Crippen LogP contribution in [0.1, 0.15) is 47.0 Å². The van der Waals surface area contributed by atoms with E-state index in [0.29, 0.717) is 6.04 Å². The smallest absolute Gasteiger partial charge is 0.202 e. The second-order valence-corrected chi connectivity index (χ2v) is 5.51. The van der Waals surface area contributed by atoms with E-state index < -0.39 is 0 Å². The molecule has 0 saturated carbocycles. The van der Waals surface area contributed by atoms with Gasteiger partial charge in [-0.3, -0.25) is 0 Å². The molecule has 1 aromatic heterocycles. The minimum Gasteiger partial charge on any atom is -0.382 e. The van der Waals surface area contributed by atoms with Crippen molar-refractivity contribution in [2.24, 2.45) is 5.92 Å². The molecule has 0 aliphatic heterocycles. The molecule has 1 atom stereocenters. The molecule has 19 heavy (non-hydrogen) atoms. The fraction of sp³-hybridized carbons (Fsp3) is 0.800. The predicted octanol–water partition coefficient (Wildman–Crippen LogP) is 3.55. The van der Waals surface area contributed by atoms with Crippen LogP contribution in [0.4, 0.5) is 5.95 Å². The first-order valence-corrected chi connectivity index (χ1v) is 7.48. The Kier molecular flexibility index (Phi) is 7.56. The van der Waals surface area contributed by atoms with Gasteiger partial charge in [0.25, 0.3) is 0 Å². The normalized spacial score (nSPS) is 12.9. The van der Waals surface area contributed by atoms with Gasteiger partial charge < -0.3 is 14.6 Å². The van der Waals surface area contributed by atoms with Crippen molar-refractivity contribution in [3.8, 4) is 0 Å². The SMILES string of the molecule is CCOCCCn1ccnc1NC(C)CCC(C)C. The maximum Gasteiger partial charge on any atom is 0.202 e. The molecule has 4 nitrogen and oxygen atoms in total. The average molecular weight is 267 g/mol. The molecule has 0 amide bonds. The Labute approximate surface area is 117 Å². The highest BCUT2D eigenvalue weighted by Gasteiger charge is 2.07. The number of aromatic nitrogens is 2. The van der Waals surface area contributed by atoms with E-state index in [0.717, 1.165) is 38.0 Å². The van der Waals surface area contributed by atoms with Crippen LogP contribution < -0.4 is 5.32 Å². The number of aryl methyl sites for hydroxylation is 1. The Balaban J connectivity index is 2.35. The van der Waals surface area contributed by atoms with Gasteiger partial charge in [0, 0.05) is 38.2 Å². The first kappa shape index (κ1) is 16.0. The standard InChI is InChI=1S/C15H29N3O/c1-5-19-12-6-10-18-11-9-16-15(18)17-14(4)8-7-13(2)3/h9,11,13-14H,5-8,10,12H2,1-4H3,(H,16,17). The summed E-state index contributed by atoms with van der Waals surface area (Å²) >= 11 is 0. The molecular weight excluding hydrogens is 238 g/mol.